The van der Waals surface area contributed by atoms with Gasteiger partial charge in [-0.2, -0.15) is 0 Å². The van der Waals surface area contributed by atoms with Crippen molar-refractivity contribution in [1.29, 1.82) is 0 Å². The van der Waals surface area contributed by atoms with Crippen molar-refractivity contribution in [3.8, 4) is 0 Å². The van der Waals surface area contributed by atoms with E-state index in [9.17, 15) is 0 Å². The molecule has 0 aromatic heterocycles. The lowest BCUT2D eigenvalue weighted by Gasteiger charge is -2.08. The quantitative estimate of drug-likeness (QED) is 0.828. The van der Waals surface area contributed by atoms with Gasteiger partial charge in [0.1, 0.15) is 0 Å². The summed E-state index contributed by atoms with van der Waals surface area (Å²) in [4.78, 5) is 0. The van der Waals surface area contributed by atoms with Gasteiger partial charge in [-0.15, -0.1) is 0 Å². The second-order valence-electron chi connectivity index (χ2n) is 4.67. The third-order valence-electron chi connectivity index (χ3n) is 3.04. The fourth-order valence-corrected chi connectivity index (χ4v) is 3.06. The van der Waals surface area contributed by atoms with Crippen LogP contribution in [0.15, 0.2) is 60.7 Å². The number of rotatable bonds is 2. The van der Waals surface area contributed by atoms with Gasteiger partial charge in [0, 0.05) is 0 Å². The van der Waals surface area contributed by atoms with Crippen molar-refractivity contribution in [2.75, 3.05) is 13.1 Å². The first-order valence-corrected chi connectivity index (χ1v) is 8.03. The lowest BCUT2D eigenvalue weighted by atomic mass is 10.2. The summed E-state index contributed by atoms with van der Waals surface area (Å²) in [5.74, 6) is 0. The third kappa shape index (κ3) is 6.00. The van der Waals surface area contributed by atoms with Crippen molar-refractivity contribution < 1.29 is 0 Å². The van der Waals surface area contributed by atoms with Crippen LogP contribution in [0.3, 0.4) is 0 Å². The Bertz CT molecular complexity index is 388. The van der Waals surface area contributed by atoms with Crippen LogP contribution < -0.4 is 15.9 Å². The Balaban J connectivity index is 0.000000186. The maximum Gasteiger partial charge on any atom is -0.00489 e. The minimum atomic E-state index is 0.777. The van der Waals surface area contributed by atoms with E-state index in [1.165, 1.54) is 43.0 Å². The van der Waals surface area contributed by atoms with E-state index < -0.39 is 0 Å². The van der Waals surface area contributed by atoms with Crippen molar-refractivity contribution in [2.24, 2.45) is 0 Å². The SMILES string of the molecule is C1CCNCC1.c1ccc(Pc2ccccc2)cc1. The summed E-state index contributed by atoms with van der Waals surface area (Å²) in [6.45, 7) is 2.50. The van der Waals surface area contributed by atoms with Crippen molar-refractivity contribution in [2.45, 2.75) is 19.3 Å². The van der Waals surface area contributed by atoms with E-state index in [1.807, 2.05) is 0 Å². The Morgan fingerprint density at radius 1 is 0.632 bits per heavy atom. The molecule has 100 valence electrons. The largest absolute Gasteiger partial charge is 0.317 e. The van der Waals surface area contributed by atoms with Gasteiger partial charge in [-0.1, -0.05) is 75.7 Å². The van der Waals surface area contributed by atoms with Crippen molar-refractivity contribution in [3.63, 3.8) is 0 Å². The molecule has 0 saturated carbocycles. The van der Waals surface area contributed by atoms with Crippen LogP contribution in [-0.2, 0) is 0 Å². The topological polar surface area (TPSA) is 12.0 Å². The second-order valence-corrected chi connectivity index (χ2v) is 6.07. The molecule has 1 aliphatic rings. The molecule has 1 aliphatic heterocycles. The minimum Gasteiger partial charge on any atom is -0.317 e. The van der Waals surface area contributed by atoms with Gasteiger partial charge in [0.25, 0.3) is 0 Å². The van der Waals surface area contributed by atoms with Crippen LogP contribution in [0.1, 0.15) is 19.3 Å². The summed E-state index contributed by atoms with van der Waals surface area (Å²) in [5, 5.41) is 6.08. The predicted molar refractivity (Wildman–Crippen MR) is 87.2 cm³/mol. The molecule has 0 aliphatic carbocycles. The number of hydrogen-bond acceptors (Lipinski definition) is 1. The summed E-state index contributed by atoms with van der Waals surface area (Å²) in [7, 11) is 0.777. The van der Waals surface area contributed by atoms with Crippen LogP contribution in [0, 0.1) is 0 Å². The first-order valence-electron chi connectivity index (χ1n) is 7.03. The fourth-order valence-electron chi connectivity index (χ4n) is 2.01. The number of benzene rings is 2. The molecule has 19 heavy (non-hydrogen) atoms. The smallest absolute Gasteiger partial charge is 0.00489 e. The van der Waals surface area contributed by atoms with Crippen LogP contribution in [0.5, 0.6) is 0 Å². The standard InChI is InChI=1S/C12H11P.C5H11N/c1-3-7-11(8-4-1)13-12-9-5-2-6-10-12;1-2-4-6-5-3-1/h1-10,13H;6H,1-5H2. The van der Waals surface area contributed by atoms with Crippen LogP contribution in [0.2, 0.25) is 0 Å². The van der Waals surface area contributed by atoms with Gasteiger partial charge < -0.3 is 5.32 Å². The highest BCUT2D eigenvalue weighted by atomic mass is 31.1. The molecule has 1 saturated heterocycles. The molecule has 3 rings (SSSR count). The molecule has 1 N–H and O–H groups in total. The maximum absolute atomic E-state index is 3.28. The van der Waals surface area contributed by atoms with Gasteiger partial charge in [-0.25, -0.2) is 0 Å². The molecule has 0 unspecified atom stereocenters. The van der Waals surface area contributed by atoms with Gasteiger partial charge in [0.05, 0.1) is 0 Å². The van der Waals surface area contributed by atoms with E-state index in [2.05, 4.69) is 66.0 Å². The molecule has 1 fully saturated rings. The summed E-state index contributed by atoms with van der Waals surface area (Å²) < 4.78 is 0. The van der Waals surface area contributed by atoms with Gasteiger partial charge in [0.2, 0.25) is 0 Å². The number of nitrogens with one attached hydrogen (secondary N) is 1. The molecule has 2 aromatic rings. The fraction of sp³-hybridized carbons (Fsp3) is 0.294. The van der Waals surface area contributed by atoms with E-state index in [0.29, 0.717) is 0 Å². The van der Waals surface area contributed by atoms with Gasteiger partial charge in [0.15, 0.2) is 0 Å². The maximum atomic E-state index is 3.28. The summed E-state index contributed by atoms with van der Waals surface area (Å²) in [6, 6.07) is 21.2. The molecule has 2 heteroatoms. The average Bonchev–Trinajstić information content (AvgIpc) is 2.52. The lowest BCUT2D eigenvalue weighted by Crippen LogP contribution is -2.21. The van der Waals surface area contributed by atoms with E-state index in [4.69, 9.17) is 0 Å². The van der Waals surface area contributed by atoms with Gasteiger partial charge in [-0.05, 0) is 36.5 Å². The summed E-state index contributed by atoms with van der Waals surface area (Å²) in [6.07, 6.45) is 4.22. The summed E-state index contributed by atoms with van der Waals surface area (Å²) >= 11 is 0. The number of hydrogen-bond donors (Lipinski definition) is 1. The van der Waals surface area contributed by atoms with E-state index in [0.717, 1.165) is 8.58 Å². The Kier molecular flexibility index (Phi) is 6.63. The second kappa shape index (κ2) is 8.85. The molecule has 2 aromatic carbocycles. The van der Waals surface area contributed by atoms with E-state index in [1.54, 1.807) is 0 Å². The van der Waals surface area contributed by atoms with Crippen LogP contribution >= 0.6 is 8.58 Å². The zero-order chi connectivity index (χ0) is 13.2. The Morgan fingerprint density at radius 3 is 1.42 bits per heavy atom. The van der Waals surface area contributed by atoms with Crippen molar-refractivity contribution in [1.82, 2.24) is 5.32 Å². The Hall–Kier alpha value is -1.17. The zero-order valence-corrected chi connectivity index (χ0v) is 12.3. The highest BCUT2D eigenvalue weighted by Crippen LogP contribution is 2.08. The molecule has 1 nitrogen and oxygen atoms in total. The molecule has 0 atom stereocenters. The number of piperidine rings is 1. The first kappa shape index (κ1) is 14.2. The predicted octanol–water partition coefficient (Wildman–Crippen LogP) is 3.08. The molecular formula is C17H22NP. The van der Waals surface area contributed by atoms with Crippen molar-refractivity contribution in [3.05, 3.63) is 60.7 Å². The molecule has 1 heterocycles. The Morgan fingerprint density at radius 2 is 1.11 bits per heavy atom. The highest BCUT2D eigenvalue weighted by molar-refractivity contribution is 7.55. The average molecular weight is 271 g/mol. The van der Waals surface area contributed by atoms with Gasteiger partial charge in [-0.3, -0.25) is 0 Å². The molecular weight excluding hydrogens is 249 g/mol. The first-order chi connectivity index (χ1) is 9.45. The minimum absolute atomic E-state index is 0.777. The summed E-state index contributed by atoms with van der Waals surface area (Å²) in [5.41, 5.74) is 0. The lowest BCUT2D eigenvalue weighted by molar-refractivity contribution is 0.520. The van der Waals surface area contributed by atoms with Crippen LogP contribution in [0.25, 0.3) is 0 Å². The van der Waals surface area contributed by atoms with Crippen LogP contribution in [-0.4, -0.2) is 13.1 Å². The van der Waals surface area contributed by atoms with Crippen molar-refractivity contribution >= 4 is 19.2 Å². The third-order valence-corrected chi connectivity index (χ3v) is 4.29. The van der Waals surface area contributed by atoms with E-state index >= 15 is 0 Å². The normalized spacial score (nSPS) is 14.3. The Labute approximate surface area is 118 Å². The highest BCUT2D eigenvalue weighted by Gasteiger charge is 1.94. The molecule has 0 amide bonds. The van der Waals surface area contributed by atoms with E-state index in [-0.39, 0.29) is 0 Å². The van der Waals surface area contributed by atoms with Gasteiger partial charge >= 0.3 is 0 Å². The monoisotopic (exact) mass is 271 g/mol. The molecule has 0 radical (unpaired) electrons. The zero-order valence-electron chi connectivity index (χ0n) is 11.3. The molecule has 0 spiro atoms. The van der Waals surface area contributed by atoms with Crippen LogP contribution in [0.4, 0.5) is 0 Å². The molecule has 0 bridgehead atoms.